The maximum Gasteiger partial charge on any atom is 0.297 e. The molecule has 0 unspecified atom stereocenters. The minimum absolute atomic E-state index is 0.0271. The molecule has 1 aromatic rings. The van der Waals surface area contributed by atoms with Gasteiger partial charge in [0.2, 0.25) is 0 Å². The van der Waals surface area contributed by atoms with Crippen LogP contribution in [0.15, 0.2) is 29.2 Å². The molecule has 6 nitrogen and oxygen atoms in total. The van der Waals surface area contributed by atoms with Crippen molar-refractivity contribution in [3.05, 3.63) is 29.8 Å². The molecule has 1 aromatic carbocycles. The van der Waals surface area contributed by atoms with E-state index in [-0.39, 0.29) is 24.7 Å². The van der Waals surface area contributed by atoms with Crippen LogP contribution in [0.1, 0.15) is 18.4 Å². The van der Waals surface area contributed by atoms with Crippen LogP contribution in [0.25, 0.3) is 0 Å². The van der Waals surface area contributed by atoms with Crippen molar-refractivity contribution in [2.45, 2.75) is 24.7 Å². The first-order valence-electron chi connectivity index (χ1n) is 7.29. The number of aliphatic hydroxyl groups is 1. The van der Waals surface area contributed by atoms with E-state index in [2.05, 4.69) is 0 Å². The Labute approximate surface area is 132 Å². The first-order chi connectivity index (χ1) is 10.6. The van der Waals surface area contributed by atoms with E-state index < -0.39 is 10.1 Å². The summed E-state index contributed by atoms with van der Waals surface area (Å²) in [5.41, 5.74) is 0.987. The normalized spacial score (nSPS) is 11.7. The van der Waals surface area contributed by atoms with Gasteiger partial charge in [-0.3, -0.25) is 4.18 Å². The van der Waals surface area contributed by atoms with Gasteiger partial charge in [0, 0.05) is 13.2 Å². The lowest BCUT2D eigenvalue weighted by atomic mass is 10.2. The Morgan fingerprint density at radius 1 is 0.909 bits per heavy atom. The number of ether oxygens (including phenoxy) is 2. The van der Waals surface area contributed by atoms with Crippen LogP contribution >= 0.6 is 0 Å². The van der Waals surface area contributed by atoms with E-state index in [4.69, 9.17) is 18.8 Å². The molecule has 22 heavy (non-hydrogen) atoms. The Bertz CT molecular complexity index is 497. The van der Waals surface area contributed by atoms with Gasteiger partial charge in [0.25, 0.3) is 10.1 Å². The molecule has 0 aromatic heterocycles. The molecule has 1 N–H and O–H groups in total. The van der Waals surface area contributed by atoms with E-state index in [1.807, 2.05) is 6.92 Å². The molecule has 0 saturated carbocycles. The summed E-state index contributed by atoms with van der Waals surface area (Å²) in [5, 5.41) is 8.58. The van der Waals surface area contributed by atoms with Crippen molar-refractivity contribution < 1.29 is 27.2 Å². The monoisotopic (exact) mass is 332 g/mol. The van der Waals surface area contributed by atoms with Gasteiger partial charge >= 0.3 is 0 Å². The van der Waals surface area contributed by atoms with Gasteiger partial charge in [-0.15, -0.1) is 0 Å². The Balaban J connectivity index is 2.10. The van der Waals surface area contributed by atoms with E-state index in [1.54, 1.807) is 12.1 Å². The average Bonchev–Trinajstić information content (AvgIpc) is 2.49. The molecule has 0 spiro atoms. The molecule has 0 radical (unpaired) electrons. The second-order valence-electron chi connectivity index (χ2n) is 4.74. The van der Waals surface area contributed by atoms with E-state index in [9.17, 15) is 8.42 Å². The van der Waals surface area contributed by atoms with Crippen molar-refractivity contribution in [1.29, 1.82) is 0 Å². The minimum atomic E-state index is -3.72. The lowest BCUT2D eigenvalue weighted by Gasteiger charge is -2.07. The van der Waals surface area contributed by atoms with E-state index in [0.29, 0.717) is 19.8 Å². The van der Waals surface area contributed by atoms with Gasteiger partial charge in [0.05, 0.1) is 31.3 Å². The van der Waals surface area contributed by atoms with Crippen molar-refractivity contribution in [3.63, 3.8) is 0 Å². The third-order valence-electron chi connectivity index (χ3n) is 2.84. The molecule has 0 heterocycles. The van der Waals surface area contributed by atoms with Crippen molar-refractivity contribution in [1.82, 2.24) is 0 Å². The minimum Gasteiger partial charge on any atom is -0.396 e. The van der Waals surface area contributed by atoms with Crippen LogP contribution in [-0.2, 0) is 23.8 Å². The van der Waals surface area contributed by atoms with Gasteiger partial charge in [0.15, 0.2) is 0 Å². The predicted octanol–water partition coefficient (Wildman–Crippen LogP) is 1.51. The van der Waals surface area contributed by atoms with Crippen LogP contribution in [0, 0.1) is 6.92 Å². The third kappa shape index (κ3) is 7.86. The Morgan fingerprint density at radius 3 is 2.14 bits per heavy atom. The SMILES string of the molecule is Cc1ccc(S(=O)(=O)OCCOCCOCCCCO)cc1. The van der Waals surface area contributed by atoms with Gasteiger partial charge in [-0.2, -0.15) is 8.42 Å². The summed E-state index contributed by atoms with van der Waals surface area (Å²) < 4.78 is 39.1. The first-order valence-corrected chi connectivity index (χ1v) is 8.69. The van der Waals surface area contributed by atoms with Crippen molar-refractivity contribution in [2.75, 3.05) is 39.6 Å². The van der Waals surface area contributed by atoms with Crippen LogP contribution in [0.5, 0.6) is 0 Å². The van der Waals surface area contributed by atoms with Gasteiger partial charge in [-0.1, -0.05) is 17.7 Å². The van der Waals surface area contributed by atoms with Crippen LogP contribution in [0.2, 0.25) is 0 Å². The van der Waals surface area contributed by atoms with E-state index in [1.165, 1.54) is 12.1 Å². The van der Waals surface area contributed by atoms with Crippen LogP contribution in [0.3, 0.4) is 0 Å². The maximum absolute atomic E-state index is 11.9. The number of benzene rings is 1. The fraction of sp³-hybridized carbons (Fsp3) is 0.600. The third-order valence-corrected chi connectivity index (χ3v) is 4.17. The number of hydrogen-bond acceptors (Lipinski definition) is 6. The molecule has 1 rings (SSSR count). The molecule has 0 aliphatic heterocycles. The first kappa shape index (κ1) is 19.1. The zero-order chi connectivity index (χ0) is 16.3. The summed E-state index contributed by atoms with van der Waals surface area (Å²) in [4.78, 5) is 0.144. The topological polar surface area (TPSA) is 82.1 Å². The lowest BCUT2D eigenvalue weighted by Crippen LogP contribution is -2.13. The molecule has 0 saturated heterocycles. The highest BCUT2D eigenvalue weighted by atomic mass is 32.2. The van der Waals surface area contributed by atoms with Gasteiger partial charge in [-0.05, 0) is 31.9 Å². The summed E-state index contributed by atoms with van der Waals surface area (Å²) in [6.07, 6.45) is 1.54. The zero-order valence-corrected chi connectivity index (χ0v) is 13.7. The summed E-state index contributed by atoms with van der Waals surface area (Å²) in [6.45, 7) is 3.63. The summed E-state index contributed by atoms with van der Waals surface area (Å²) in [7, 11) is -3.72. The summed E-state index contributed by atoms with van der Waals surface area (Å²) in [5.74, 6) is 0. The smallest absolute Gasteiger partial charge is 0.297 e. The lowest BCUT2D eigenvalue weighted by molar-refractivity contribution is 0.0352. The Hall–Kier alpha value is -0.990. The molecule has 0 amide bonds. The van der Waals surface area contributed by atoms with Crippen LogP contribution in [-0.4, -0.2) is 53.2 Å². The molecular weight excluding hydrogens is 308 g/mol. The van der Waals surface area contributed by atoms with Crippen molar-refractivity contribution in [2.24, 2.45) is 0 Å². The van der Waals surface area contributed by atoms with Gasteiger partial charge in [-0.25, -0.2) is 0 Å². The van der Waals surface area contributed by atoms with Crippen LogP contribution < -0.4 is 0 Å². The van der Waals surface area contributed by atoms with Crippen molar-refractivity contribution >= 4 is 10.1 Å². The highest BCUT2D eigenvalue weighted by Gasteiger charge is 2.14. The summed E-state index contributed by atoms with van der Waals surface area (Å²) >= 11 is 0. The standard InChI is InChI=1S/C15H24O6S/c1-14-4-6-15(7-5-14)22(17,18)21-13-12-20-11-10-19-9-3-2-8-16/h4-7,16H,2-3,8-13H2,1H3. The van der Waals surface area contributed by atoms with Crippen molar-refractivity contribution in [3.8, 4) is 0 Å². The maximum atomic E-state index is 11.9. The molecule has 0 aliphatic carbocycles. The van der Waals surface area contributed by atoms with Crippen LogP contribution in [0.4, 0.5) is 0 Å². The number of hydrogen-bond donors (Lipinski definition) is 1. The molecule has 0 bridgehead atoms. The molecule has 126 valence electrons. The van der Waals surface area contributed by atoms with Gasteiger partial charge < -0.3 is 14.6 Å². The number of aliphatic hydroxyl groups excluding tert-OH is 1. The largest absolute Gasteiger partial charge is 0.396 e. The predicted molar refractivity (Wildman–Crippen MR) is 82.3 cm³/mol. The Morgan fingerprint density at radius 2 is 1.50 bits per heavy atom. The molecule has 0 fully saturated rings. The highest BCUT2D eigenvalue weighted by Crippen LogP contribution is 2.12. The van der Waals surface area contributed by atoms with E-state index >= 15 is 0 Å². The number of rotatable bonds is 12. The summed E-state index contributed by atoms with van der Waals surface area (Å²) in [6, 6.07) is 6.49. The Kier molecular flexibility index (Phi) is 9.26. The fourth-order valence-corrected chi connectivity index (χ4v) is 2.51. The number of unbranched alkanes of at least 4 members (excludes halogenated alkanes) is 1. The zero-order valence-electron chi connectivity index (χ0n) is 12.9. The number of aryl methyl sites for hydroxylation is 1. The fourth-order valence-electron chi connectivity index (χ4n) is 1.61. The van der Waals surface area contributed by atoms with Gasteiger partial charge in [0.1, 0.15) is 0 Å². The quantitative estimate of drug-likeness (QED) is 0.461. The molecular formula is C15H24O6S. The molecule has 7 heteroatoms. The second kappa shape index (κ2) is 10.7. The van der Waals surface area contributed by atoms with E-state index in [0.717, 1.165) is 18.4 Å². The average molecular weight is 332 g/mol. The molecule has 0 aliphatic rings. The second-order valence-corrected chi connectivity index (χ2v) is 6.36. The highest BCUT2D eigenvalue weighted by molar-refractivity contribution is 7.86. The molecule has 0 atom stereocenters.